The average molecular weight is 278 g/mol. The predicted molar refractivity (Wildman–Crippen MR) is 73.2 cm³/mol. The van der Waals surface area contributed by atoms with Crippen molar-refractivity contribution in [2.75, 3.05) is 39.1 Å². The molecule has 0 spiro atoms. The third-order valence-corrected chi connectivity index (χ3v) is 5.09. The Balaban J connectivity index is 2.57. The van der Waals surface area contributed by atoms with Crippen LogP contribution < -0.4 is 5.32 Å². The predicted octanol–water partition coefficient (Wildman–Crippen LogP) is 0.817. The zero-order valence-corrected chi connectivity index (χ0v) is 12.3. The molecule has 1 saturated heterocycles. The smallest absolute Gasteiger partial charge is 0.216 e. The van der Waals surface area contributed by atoms with Crippen molar-refractivity contribution >= 4 is 10.0 Å². The first-order valence-corrected chi connectivity index (χ1v) is 8.41. The van der Waals surface area contributed by atoms with Crippen molar-refractivity contribution in [3.63, 3.8) is 0 Å². The molecule has 1 fully saturated rings. The molecule has 18 heavy (non-hydrogen) atoms. The summed E-state index contributed by atoms with van der Waals surface area (Å²) in [6.45, 7) is 4.58. The van der Waals surface area contributed by atoms with Gasteiger partial charge in [-0.25, -0.2) is 12.7 Å². The minimum absolute atomic E-state index is 0.0833. The lowest BCUT2D eigenvalue weighted by Gasteiger charge is -2.25. The minimum atomic E-state index is -3.18. The highest BCUT2D eigenvalue weighted by atomic mass is 32.2. The molecule has 0 aromatic rings. The van der Waals surface area contributed by atoms with Crippen molar-refractivity contribution < 1.29 is 13.2 Å². The first-order valence-electron chi connectivity index (χ1n) is 6.80. The quantitative estimate of drug-likeness (QED) is 0.678. The molecule has 1 aliphatic heterocycles. The maximum Gasteiger partial charge on any atom is 0.216 e. The van der Waals surface area contributed by atoms with E-state index >= 15 is 0 Å². The van der Waals surface area contributed by atoms with Crippen molar-refractivity contribution in [2.24, 2.45) is 0 Å². The van der Waals surface area contributed by atoms with Crippen LogP contribution in [0.3, 0.4) is 0 Å². The number of ether oxygens (including phenoxy) is 1. The largest absolute Gasteiger partial charge is 0.384 e. The summed E-state index contributed by atoms with van der Waals surface area (Å²) < 4.78 is 30.9. The lowest BCUT2D eigenvalue weighted by atomic mass is 10.2. The molecule has 0 aliphatic carbocycles. The van der Waals surface area contributed by atoms with Crippen LogP contribution in [0.25, 0.3) is 0 Å². The Morgan fingerprint density at radius 1 is 1.44 bits per heavy atom. The van der Waals surface area contributed by atoms with E-state index in [0.717, 1.165) is 32.2 Å². The van der Waals surface area contributed by atoms with Crippen LogP contribution in [-0.4, -0.2) is 57.9 Å². The van der Waals surface area contributed by atoms with Gasteiger partial charge in [0.15, 0.2) is 0 Å². The summed E-state index contributed by atoms with van der Waals surface area (Å²) in [4.78, 5) is 0. The summed E-state index contributed by atoms with van der Waals surface area (Å²) >= 11 is 0. The zero-order valence-electron chi connectivity index (χ0n) is 11.5. The molecule has 0 aromatic heterocycles. The van der Waals surface area contributed by atoms with Crippen molar-refractivity contribution in [1.82, 2.24) is 9.62 Å². The summed E-state index contributed by atoms with van der Waals surface area (Å²) in [6, 6.07) is 0.319. The van der Waals surface area contributed by atoms with Crippen LogP contribution in [0.15, 0.2) is 0 Å². The SMILES string of the molecule is CCCCN(CC1CCCN1)S(=O)(=O)CCOC. The molecule has 6 heteroatoms. The van der Waals surface area contributed by atoms with E-state index in [9.17, 15) is 8.42 Å². The Morgan fingerprint density at radius 2 is 2.22 bits per heavy atom. The van der Waals surface area contributed by atoms with Gasteiger partial charge in [0, 0.05) is 26.2 Å². The summed E-state index contributed by atoms with van der Waals surface area (Å²) in [5.41, 5.74) is 0. The lowest BCUT2D eigenvalue weighted by molar-refractivity contribution is 0.215. The molecular weight excluding hydrogens is 252 g/mol. The maximum atomic E-state index is 12.2. The molecule has 1 heterocycles. The van der Waals surface area contributed by atoms with Crippen molar-refractivity contribution in [3.8, 4) is 0 Å². The van der Waals surface area contributed by atoms with Crippen LogP contribution in [-0.2, 0) is 14.8 Å². The van der Waals surface area contributed by atoms with Gasteiger partial charge in [0.2, 0.25) is 10.0 Å². The molecule has 5 nitrogen and oxygen atoms in total. The summed E-state index contributed by atoms with van der Waals surface area (Å²) in [6.07, 6.45) is 4.14. The molecule has 0 amide bonds. The fraction of sp³-hybridized carbons (Fsp3) is 1.00. The van der Waals surface area contributed by atoms with Crippen molar-refractivity contribution in [1.29, 1.82) is 0 Å². The van der Waals surface area contributed by atoms with Crippen LogP contribution in [0.2, 0.25) is 0 Å². The van der Waals surface area contributed by atoms with Gasteiger partial charge in [0.05, 0.1) is 12.4 Å². The number of hydrogen-bond acceptors (Lipinski definition) is 4. The highest BCUT2D eigenvalue weighted by Crippen LogP contribution is 2.11. The normalized spacial score (nSPS) is 20.7. The second-order valence-corrected chi connectivity index (χ2v) is 6.90. The average Bonchev–Trinajstić information content (AvgIpc) is 2.84. The number of hydrogen-bond donors (Lipinski definition) is 1. The number of methoxy groups -OCH3 is 1. The first kappa shape index (κ1) is 15.9. The molecule has 1 atom stereocenters. The van der Waals surface area contributed by atoms with Gasteiger partial charge in [-0.15, -0.1) is 0 Å². The Labute approximate surface area is 111 Å². The molecule has 0 saturated carbocycles. The van der Waals surface area contributed by atoms with Gasteiger partial charge < -0.3 is 10.1 Å². The van der Waals surface area contributed by atoms with Gasteiger partial charge in [-0.05, 0) is 25.8 Å². The summed E-state index contributed by atoms with van der Waals surface area (Å²) in [7, 11) is -1.64. The summed E-state index contributed by atoms with van der Waals surface area (Å²) in [5, 5.41) is 3.35. The Morgan fingerprint density at radius 3 is 2.78 bits per heavy atom. The molecule has 0 aromatic carbocycles. The third kappa shape index (κ3) is 5.22. The van der Waals surface area contributed by atoms with Crippen LogP contribution in [0, 0.1) is 0 Å². The van der Waals surface area contributed by atoms with Gasteiger partial charge in [0.1, 0.15) is 0 Å². The molecule has 1 N–H and O–H groups in total. The molecule has 0 bridgehead atoms. The van der Waals surface area contributed by atoms with E-state index in [1.165, 1.54) is 7.11 Å². The second kappa shape index (κ2) is 8.09. The zero-order chi connectivity index (χ0) is 13.4. The van der Waals surface area contributed by atoms with Gasteiger partial charge in [0.25, 0.3) is 0 Å². The molecular formula is C12H26N2O3S. The van der Waals surface area contributed by atoms with Crippen LogP contribution in [0.5, 0.6) is 0 Å². The number of unbranched alkanes of at least 4 members (excludes halogenated alkanes) is 1. The fourth-order valence-electron chi connectivity index (χ4n) is 2.15. The first-order chi connectivity index (χ1) is 8.60. The molecule has 1 unspecified atom stereocenters. The van der Waals surface area contributed by atoms with Gasteiger partial charge >= 0.3 is 0 Å². The topological polar surface area (TPSA) is 58.6 Å². The van der Waals surface area contributed by atoms with E-state index < -0.39 is 10.0 Å². The van der Waals surface area contributed by atoms with E-state index in [0.29, 0.717) is 19.1 Å². The molecule has 108 valence electrons. The maximum absolute atomic E-state index is 12.2. The van der Waals surface area contributed by atoms with Crippen molar-refractivity contribution in [3.05, 3.63) is 0 Å². The third-order valence-electron chi connectivity index (χ3n) is 3.29. The van der Waals surface area contributed by atoms with Crippen LogP contribution in [0.1, 0.15) is 32.6 Å². The summed E-state index contributed by atoms with van der Waals surface area (Å²) in [5.74, 6) is 0.0833. The van der Waals surface area contributed by atoms with E-state index in [-0.39, 0.29) is 12.4 Å². The fourth-order valence-corrected chi connectivity index (χ4v) is 3.60. The van der Waals surface area contributed by atoms with Crippen LogP contribution in [0.4, 0.5) is 0 Å². The van der Waals surface area contributed by atoms with E-state index in [1.807, 2.05) is 0 Å². The van der Waals surface area contributed by atoms with E-state index in [2.05, 4.69) is 12.2 Å². The number of nitrogens with one attached hydrogen (secondary N) is 1. The monoisotopic (exact) mass is 278 g/mol. The number of sulfonamides is 1. The van der Waals surface area contributed by atoms with E-state index in [4.69, 9.17) is 4.74 Å². The highest BCUT2D eigenvalue weighted by molar-refractivity contribution is 7.89. The Kier molecular flexibility index (Phi) is 7.14. The van der Waals surface area contributed by atoms with Gasteiger partial charge in [-0.3, -0.25) is 0 Å². The van der Waals surface area contributed by atoms with Crippen molar-refractivity contribution in [2.45, 2.75) is 38.6 Å². The van der Waals surface area contributed by atoms with Gasteiger partial charge in [-0.2, -0.15) is 0 Å². The highest BCUT2D eigenvalue weighted by Gasteiger charge is 2.25. The van der Waals surface area contributed by atoms with Crippen LogP contribution >= 0.6 is 0 Å². The Bertz CT molecular complexity index is 313. The molecule has 1 aliphatic rings. The standard InChI is InChI=1S/C12H26N2O3S/c1-3-4-8-14(11-12-6-5-7-13-12)18(15,16)10-9-17-2/h12-13H,3-11H2,1-2H3. The Hall–Kier alpha value is -0.170. The molecule has 0 radical (unpaired) electrons. The number of rotatable bonds is 9. The van der Waals surface area contributed by atoms with Gasteiger partial charge in [-0.1, -0.05) is 13.3 Å². The lowest BCUT2D eigenvalue weighted by Crippen LogP contribution is -2.43. The molecule has 1 rings (SSSR count). The minimum Gasteiger partial charge on any atom is -0.384 e. The second-order valence-electron chi connectivity index (χ2n) is 4.81. The van der Waals surface area contributed by atoms with E-state index in [1.54, 1.807) is 4.31 Å². The number of nitrogens with zero attached hydrogens (tertiary/aromatic N) is 1.